The molecule has 4 heteroatoms. The molecule has 20 heavy (non-hydrogen) atoms. The second-order valence-corrected chi connectivity index (χ2v) is 6.25. The minimum Gasteiger partial charge on any atom is -0.480 e. The Balaban J connectivity index is 2.25. The number of carboxylic acid groups (broad SMARTS) is 1. The van der Waals surface area contributed by atoms with Gasteiger partial charge in [0.25, 0.3) is 0 Å². The third kappa shape index (κ3) is 5.80. The molecule has 0 amide bonds. The lowest BCUT2D eigenvalue weighted by atomic mass is 9.95. The van der Waals surface area contributed by atoms with E-state index in [-0.39, 0.29) is 0 Å². The number of hydrogen-bond donors (Lipinski definition) is 2. The molecule has 0 aromatic carbocycles. The van der Waals surface area contributed by atoms with E-state index in [0.717, 1.165) is 25.4 Å². The molecule has 0 aliphatic heterocycles. The molecule has 1 aliphatic carbocycles. The van der Waals surface area contributed by atoms with Crippen LogP contribution in [0.2, 0.25) is 0 Å². The van der Waals surface area contributed by atoms with Crippen LogP contribution in [0.25, 0.3) is 0 Å². The van der Waals surface area contributed by atoms with Gasteiger partial charge in [0.05, 0.1) is 0 Å². The van der Waals surface area contributed by atoms with Crippen molar-refractivity contribution in [3.05, 3.63) is 0 Å². The van der Waals surface area contributed by atoms with Crippen molar-refractivity contribution in [2.75, 3.05) is 19.6 Å². The van der Waals surface area contributed by atoms with Gasteiger partial charge in [-0.05, 0) is 65.1 Å². The quantitative estimate of drug-likeness (QED) is 0.541. The van der Waals surface area contributed by atoms with Gasteiger partial charge in [0.15, 0.2) is 0 Å². The van der Waals surface area contributed by atoms with Crippen molar-refractivity contribution in [1.82, 2.24) is 10.2 Å². The molecule has 1 atom stereocenters. The molecule has 0 aromatic rings. The molecule has 0 saturated heterocycles. The number of unbranched alkanes of at least 4 members (excludes halogenated alkanes) is 2. The van der Waals surface area contributed by atoms with Gasteiger partial charge in [0, 0.05) is 6.04 Å². The van der Waals surface area contributed by atoms with E-state index in [0.29, 0.717) is 13.0 Å². The Bertz CT molecular complexity index is 292. The third-order valence-electron chi connectivity index (χ3n) is 4.27. The van der Waals surface area contributed by atoms with Gasteiger partial charge in [-0.2, -0.15) is 0 Å². The highest BCUT2D eigenvalue weighted by Gasteiger charge is 2.32. The summed E-state index contributed by atoms with van der Waals surface area (Å²) in [5, 5.41) is 12.4. The zero-order chi connectivity index (χ0) is 15.0. The van der Waals surface area contributed by atoms with Gasteiger partial charge in [0.1, 0.15) is 5.54 Å². The maximum Gasteiger partial charge on any atom is 0.323 e. The number of carbonyl (C=O) groups is 1. The van der Waals surface area contributed by atoms with Crippen LogP contribution >= 0.6 is 0 Å². The number of nitrogens with zero attached hydrogens (tertiary/aromatic N) is 1. The standard InChI is InChI=1S/C16H32N2O2/c1-4-6-12-18(14-9-10-14)13-8-7-11-16(3,15(19)20)17-5-2/h14,17H,4-13H2,1-3H3,(H,19,20). The monoisotopic (exact) mass is 284 g/mol. The first kappa shape index (κ1) is 17.4. The predicted octanol–water partition coefficient (Wildman–Crippen LogP) is 2.87. The summed E-state index contributed by atoms with van der Waals surface area (Å²) in [4.78, 5) is 13.9. The average molecular weight is 284 g/mol. The van der Waals surface area contributed by atoms with Crippen LogP contribution < -0.4 is 5.32 Å². The summed E-state index contributed by atoms with van der Waals surface area (Å²) in [5.41, 5.74) is -0.761. The zero-order valence-electron chi connectivity index (χ0n) is 13.5. The third-order valence-corrected chi connectivity index (χ3v) is 4.27. The first-order chi connectivity index (χ1) is 9.53. The van der Waals surface area contributed by atoms with E-state index in [1.54, 1.807) is 6.92 Å². The van der Waals surface area contributed by atoms with E-state index in [9.17, 15) is 9.90 Å². The Labute approximate surface area is 123 Å². The summed E-state index contributed by atoms with van der Waals surface area (Å²) >= 11 is 0. The number of rotatable bonds is 12. The SMILES string of the molecule is CCCCN(CCCCC(C)(NCC)C(=O)O)C1CC1. The number of nitrogens with one attached hydrogen (secondary N) is 1. The fourth-order valence-corrected chi connectivity index (χ4v) is 2.73. The minimum absolute atomic E-state index is 0.702. The van der Waals surface area contributed by atoms with Crippen molar-refractivity contribution in [2.45, 2.75) is 77.3 Å². The second kappa shape index (κ2) is 8.63. The lowest BCUT2D eigenvalue weighted by molar-refractivity contribution is -0.144. The molecule has 0 heterocycles. The van der Waals surface area contributed by atoms with Crippen LogP contribution in [0.4, 0.5) is 0 Å². The summed E-state index contributed by atoms with van der Waals surface area (Å²) in [7, 11) is 0. The van der Waals surface area contributed by atoms with Gasteiger partial charge in [-0.3, -0.25) is 4.79 Å². The normalized spacial score (nSPS) is 18.2. The van der Waals surface area contributed by atoms with Crippen molar-refractivity contribution in [2.24, 2.45) is 0 Å². The van der Waals surface area contributed by atoms with E-state index >= 15 is 0 Å². The first-order valence-corrected chi connectivity index (χ1v) is 8.26. The molecular weight excluding hydrogens is 252 g/mol. The first-order valence-electron chi connectivity index (χ1n) is 8.26. The van der Waals surface area contributed by atoms with Gasteiger partial charge in [0.2, 0.25) is 0 Å². The lowest BCUT2D eigenvalue weighted by Gasteiger charge is -2.27. The lowest BCUT2D eigenvalue weighted by Crippen LogP contribution is -2.49. The van der Waals surface area contributed by atoms with Crippen LogP contribution in [0.15, 0.2) is 0 Å². The molecule has 0 aromatic heterocycles. The average Bonchev–Trinajstić information content (AvgIpc) is 3.22. The predicted molar refractivity (Wildman–Crippen MR) is 83.1 cm³/mol. The second-order valence-electron chi connectivity index (χ2n) is 6.25. The maximum absolute atomic E-state index is 11.3. The number of hydrogen-bond acceptors (Lipinski definition) is 3. The Morgan fingerprint density at radius 2 is 1.90 bits per heavy atom. The number of likely N-dealkylation sites (N-methyl/N-ethyl adjacent to an activating group) is 1. The Morgan fingerprint density at radius 1 is 1.25 bits per heavy atom. The molecule has 1 unspecified atom stereocenters. The van der Waals surface area contributed by atoms with Gasteiger partial charge in [-0.15, -0.1) is 0 Å². The van der Waals surface area contributed by atoms with Crippen molar-refractivity contribution < 1.29 is 9.90 Å². The van der Waals surface area contributed by atoms with Crippen LogP contribution in [-0.2, 0) is 4.79 Å². The fourth-order valence-electron chi connectivity index (χ4n) is 2.73. The largest absolute Gasteiger partial charge is 0.480 e. The van der Waals surface area contributed by atoms with E-state index < -0.39 is 11.5 Å². The van der Waals surface area contributed by atoms with Crippen LogP contribution in [0.3, 0.4) is 0 Å². The molecule has 4 nitrogen and oxygen atoms in total. The molecule has 0 bridgehead atoms. The molecule has 1 saturated carbocycles. The topological polar surface area (TPSA) is 52.6 Å². The van der Waals surface area contributed by atoms with Crippen LogP contribution in [0.5, 0.6) is 0 Å². The molecular formula is C16H32N2O2. The zero-order valence-corrected chi connectivity index (χ0v) is 13.5. The van der Waals surface area contributed by atoms with Crippen molar-refractivity contribution in [3.63, 3.8) is 0 Å². The van der Waals surface area contributed by atoms with Gasteiger partial charge in [-0.25, -0.2) is 0 Å². The molecule has 118 valence electrons. The highest BCUT2D eigenvalue weighted by molar-refractivity contribution is 5.78. The molecule has 0 spiro atoms. The van der Waals surface area contributed by atoms with Gasteiger partial charge >= 0.3 is 5.97 Å². The van der Waals surface area contributed by atoms with Gasteiger partial charge < -0.3 is 15.3 Å². The van der Waals surface area contributed by atoms with Crippen molar-refractivity contribution in [1.29, 1.82) is 0 Å². The summed E-state index contributed by atoms with van der Waals surface area (Å²) in [6.07, 6.45) is 8.03. The summed E-state index contributed by atoms with van der Waals surface area (Å²) < 4.78 is 0. The molecule has 2 N–H and O–H groups in total. The Morgan fingerprint density at radius 3 is 2.40 bits per heavy atom. The smallest absolute Gasteiger partial charge is 0.323 e. The van der Waals surface area contributed by atoms with E-state index in [1.807, 2.05) is 6.92 Å². The highest BCUT2D eigenvalue weighted by Crippen LogP contribution is 2.27. The number of carboxylic acids is 1. The van der Waals surface area contributed by atoms with Crippen LogP contribution in [0, 0.1) is 0 Å². The Hall–Kier alpha value is -0.610. The van der Waals surface area contributed by atoms with Gasteiger partial charge in [-0.1, -0.05) is 20.3 Å². The van der Waals surface area contributed by atoms with Crippen molar-refractivity contribution in [3.8, 4) is 0 Å². The summed E-state index contributed by atoms with van der Waals surface area (Å²) in [6.45, 7) is 9.04. The van der Waals surface area contributed by atoms with E-state index in [1.165, 1.54) is 32.2 Å². The maximum atomic E-state index is 11.3. The Kier molecular flexibility index (Phi) is 7.52. The van der Waals surface area contributed by atoms with E-state index in [2.05, 4.69) is 17.1 Å². The minimum atomic E-state index is -0.761. The van der Waals surface area contributed by atoms with E-state index in [4.69, 9.17) is 0 Å². The summed E-state index contributed by atoms with van der Waals surface area (Å²) in [6, 6.07) is 0.821. The van der Waals surface area contributed by atoms with Crippen LogP contribution in [-0.4, -0.2) is 47.2 Å². The molecule has 1 rings (SSSR count). The summed E-state index contributed by atoms with van der Waals surface area (Å²) in [5.74, 6) is -0.732. The van der Waals surface area contributed by atoms with Crippen LogP contribution in [0.1, 0.15) is 65.7 Å². The van der Waals surface area contributed by atoms with Crippen molar-refractivity contribution >= 4 is 5.97 Å². The number of aliphatic carboxylic acids is 1. The molecule has 1 fully saturated rings. The molecule has 1 aliphatic rings. The highest BCUT2D eigenvalue weighted by atomic mass is 16.4. The molecule has 0 radical (unpaired) electrons. The fraction of sp³-hybridized carbons (Fsp3) is 0.938.